The van der Waals surface area contributed by atoms with E-state index in [1.807, 2.05) is 126 Å². The molecule has 0 aliphatic rings. The van der Waals surface area contributed by atoms with Gasteiger partial charge in [0, 0.05) is 38.4 Å². The summed E-state index contributed by atoms with van der Waals surface area (Å²) in [6.07, 6.45) is 0. The Morgan fingerprint density at radius 2 is 0.865 bits per heavy atom. The van der Waals surface area contributed by atoms with Gasteiger partial charge >= 0.3 is 0 Å². The van der Waals surface area contributed by atoms with Crippen LogP contribution in [0, 0.1) is 0 Å². The van der Waals surface area contributed by atoms with Crippen LogP contribution in [0.5, 0.6) is 0 Å². The SMILES string of the molecule is O=S(=O)(O)c1cc(-n2c3ccccc3c3ccc4c5ccccc5n(-c5nc(-c6ccccc6)nc(-c6ccccc6)n5)c4c32)cc(S(=O)(=O)O)c1. The van der Waals surface area contributed by atoms with Gasteiger partial charge < -0.3 is 4.57 Å². The van der Waals surface area contributed by atoms with Crippen molar-refractivity contribution < 1.29 is 25.9 Å². The zero-order valence-electron chi connectivity index (χ0n) is 26.9. The maximum atomic E-state index is 12.5. The highest BCUT2D eigenvalue weighted by Gasteiger charge is 2.25. The number of para-hydroxylation sites is 2. The molecule has 0 radical (unpaired) electrons. The van der Waals surface area contributed by atoms with Crippen LogP contribution < -0.4 is 0 Å². The molecule has 254 valence electrons. The van der Waals surface area contributed by atoms with E-state index in [0.717, 1.165) is 44.3 Å². The Balaban J connectivity index is 1.48. The second-order valence-corrected chi connectivity index (χ2v) is 15.0. The molecule has 0 amide bonds. The van der Waals surface area contributed by atoms with Crippen LogP contribution in [0.3, 0.4) is 0 Å². The number of hydrogen-bond acceptors (Lipinski definition) is 7. The monoisotopic (exact) mass is 723 g/mol. The first-order chi connectivity index (χ1) is 25.1. The van der Waals surface area contributed by atoms with Crippen molar-refractivity contribution in [1.82, 2.24) is 24.1 Å². The fourth-order valence-electron chi connectivity index (χ4n) is 6.86. The van der Waals surface area contributed by atoms with E-state index in [1.165, 1.54) is 12.1 Å². The third-order valence-corrected chi connectivity index (χ3v) is 10.7. The molecule has 0 aliphatic carbocycles. The Labute approximate surface area is 296 Å². The predicted octanol–water partition coefficient (Wildman–Crippen LogP) is 7.89. The van der Waals surface area contributed by atoms with E-state index >= 15 is 0 Å². The van der Waals surface area contributed by atoms with Crippen LogP contribution in [-0.4, -0.2) is 50.0 Å². The van der Waals surface area contributed by atoms with Crippen molar-refractivity contribution in [1.29, 1.82) is 0 Å². The molecular weight excluding hydrogens is 699 g/mol. The quantitative estimate of drug-likeness (QED) is 0.163. The average Bonchev–Trinajstić information content (AvgIpc) is 3.68. The normalized spacial score (nSPS) is 12.3. The summed E-state index contributed by atoms with van der Waals surface area (Å²) in [4.78, 5) is 13.5. The van der Waals surface area contributed by atoms with Crippen LogP contribution in [0.2, 0.25) is 0 Å². The summed E-state index contributed by atoms with van der Waals surface area (Å²) in [5, 5.41) is 3.24. The highest BCUT2D eigenvalue weighted by Crippen LogP contribution is 2.42. The van der Waals surface area contributed by atoms with Crippen LogP contribution in [-0.2, 0) is 20.2 Å². The van der Waals surface area contributed by atoms with Gasteiger partial charge in [-0.2, -0.15) is 26.8 Å². The van der Waals surface area contributed by atoms with Gasteiger partial charge in [0.05, 0.1) is 31.9 Å². The lowest BCUT2D eigenvalue weighted by molar-refractivity contribution is 0.481. The summed E-state index contributed by atoms with van der Waals surface area (Å²) in [6.45, 7) is 0. The van der Waals surface area contributed by atoms with Gasteiger partial charge in [-0.05, 0) is 30.3 Å². The van der Waals surface area contributed by atoms with E-state index < -0.39 is 30.0 Å². The number of rotatable bonds is 6. The van der Waals surface area contributed by atoms with Gasteiger partial charge in [-0.25, -0.2) is 4.98 Å². The van der Waals surface area contributed by atoms with Crippen molar-refractivity contribution in [2.24, 2.45) is 0 Å². The van der Waals surface area contributed by atoms with Gasteiger partial charge in [-0.3, -0.25) is 13.7 Å². The van der Waals surface area contributed by atoms with E-state index in [4.69, 9.17) is 15.0 Å². The van der Waals surface area contributed by atoms with Crippen LogP contribution >= 0.6 is 0 Å². The van der Waals surface area contributed by atoms with Gasteiger partial charge in [-0.15, -0.1) is 0 Å². The second-order valence-electron chi connectivity index (χ2n) is 12.2. The molecule has 0 saturated carbocycles. The molecule has 6 aromatic carbocycles. The molecule has 9 rings (SSSR count). The molecule has 0 saturated heterocycles. The Hall–Kier alpha value is -6.25. The molecule has 3 aromatic heterocycles. The first kappa shape index (κ1) is 31.7. The summed E-state index contributed by atoms with van der Waals surface area (Å²) < 4.78 is 73.7. The Kier molecular flexibility index (Phi) is 7.10. The maximum Gasteiger partial charge on any atom is 0.294 e. The third-order valence-electron chi connectivity index (χ3n) is 9.07. The third kappa shape index (κ3) is 5.14. The smallest absolute Gasteiger partial charge is 0.294 e. The van der Waals surface area contributed by atoms with Crippen molar-refractivity contribution in [3.63, 3.8) is 0 Å². The second kappa shape index (κ2) is 11.6. The fraction of sp³-hybridized carbons (Fsp3) is 0. The van der Waals surface area contributed by atoms with E-state index in [1.54, 1.807) is 4.57 Å². The topological polar surface area (TPSA) is 157 Å². The Morgan fingerprint density at radius 3 is 1.35 bits per heavy atom. The highest BCUT2D eigenvalue weighted by atomic mass is 32.2. The molecule has 13 heteroatoms. The minimum Gasteiger partial charge on any atom is -0.307 e. The zero-order chi connectivity index (χ0) is 35.8. The highest BCUT2D eigenvalue weighted by molar-refractivity contribution is 7.86. The maximum absolute atomic E-state index is 12.5. The summed E-state index contributed by atoms with van der Waals surface area (Å²) in [5.74, 6) is 1.21. The number of hydrogen-bond donors (Lipinski definition) is 2. The molecule has 2 N–H and O–H groups in total. The molecule has 0 aliphatic heterocycles. The minimum atomic E-state index is -4.90. The summed E-state index contributed by atoms with van der Waals surface area (Å²) in [7, 11) is -9.81. The standard InChI is InChI=1S/C39H25N5O6S2/c45-51(46,47)27-21-26(22-28(23-27)52(48,49)50)43-33-17-9-7-15-29(33)31-19-20-32-30-16-8-10-18-34(30)44(36(32)35(31)43)39-41-37(24-11-3-1-4-12-24)40-38(42-39)25-13-5-2-6-14-25/h1-23H,(H,45,46,47)(H,48,49,50). The largest absolute Gasteiger partial charge is 0.307 e. The first-order valence-corrected chi connectivity index (χ1v) is 18.9. The van der Waals surface area contributed by atoms with Crippen molar-refractivity contribution in [2.45, 2.75) is 9.79 Å². The summed E-state index contributed by atoms with van der Waals surface area (Å²) >= 11 is 0. The Morgan fingerprint density at radius 1 is 0.442 bits per heavy atom. The molecule has 0 bridgehead atoms. The molecule has 0 fully saturated rings. The van der Waals surface area contributed by atoms with Crippen molar-refractivity contribution in [3.8, 4) is 34.4 Å². The van der Waals surface area contributed by atoms with Crippen molar-refractivity contribution >= 4 is 63.8 Å². The van der Waals surface area contributed by atoms with Crippen LogP contribution in [0.25, 0.3) is 78.0 Å². The van der Waals surface area contributed by atoms with Gasteiger partial charge in [0.2, 0.25) is 5.95 Å². The predicted molar refractivity (Wildman–Crippen MR) is 199 cm³/mol. The van der Waals surface area contributed by atoms with E-state index in [2.05, 4.69) is 0 Å². The number of benzene rings is 6. The summed E-state index contributed by atoms with van der Waals surface area (Å²) in [6, 6.07) is 41.4. The lowest BCUT2D eigenvalue weighted by atomic mass is 10.1. The van der Waals surface area contributed by atoms with Crippen molar-refractivity contribution in [2.75, 3.05) is 0 Å². The molecule has 52 heavy (non-hydrogen) atoms. The van der Waals surface area contributed by atoms with Gasteiger partial charge in [0.15, 0.2) is 11.6 Å². The van der Waals surface area contributed by atoms with Gasteiger partial charge in [0.25, 0.3) is 20.2 Å². The van der Waals surface area contributed by atoms with Crippen LogP contribution in [0.15, 0.2) is 149 Å². The summed E-state index contributed by atoms with van der Waals surface area (Å²) in [5.41, 5.74) is 4.24. The van der Waals surface area contributed by atoms with Crippen molar-refractivity contribution in [3.05, 3.63) is 140 Å². The molecular formula is C39H25N5O6S2. The molecule has 9 aromatic rings. The molecule has 0 spiro atoms. The number of nitrogens with zero attached hydrogens (tertiary/aromatic N) is 5. The van der Waals surface area contributed by atoms with Crippen LogP contribution in [0.4, 0.5) is 0 Å². The molecule has 0 atom stereocenters. The van der Waals surface area contributed by atoms with E-state index in [9.17, 15) is 25.9 Å². The van der Waals surface area contributed by atoms with Gasteiger partial charge in [0.1, 0.15) is 0 Å². The first-order valence-electron chi connectivity index (χ1n) is 16.0. The molecule has 0 unspecified atom stereocenters. The lowest BCUT2D eigenvalue weighted by Crippen LogP contribution is -2.08. The lowest BCUT2D eigenvalue weighted by Gasteiger charge is -2.14. The number of aromatic nitrogens is 5. The van der Waals surface area contributed by atoms with E-state index in [-0.39, 0.29) is 5.69 Å². The van der Waals surface area contributed by atoms with E-state index in [0.29, 0.717) is 34.1 Å². The molecule has 11 nitrogen and oxygen atoms in total. The van der Waals surface area contributed by atoms with Crippen LogP contribution in [0.1, 0.15) is 0 Å². The van der Waals surface area contributed by atoms with Gasteiger partial charge in [-0.1, -0.05) is 109 Å². The fourth-order valence-corrected chi connectivity index (χ4v) is 8.02. The zero-order valence-corrected chi connectivity index (χ0v) is 28.5. The number of fused-ring (bicyclic) bond motifs is 7. The minimum absolute atomic E-state index is 0.0730. The Bertz CT molecular complexity index is 3020. The average molecular weight is 724 g/mol. The molecule has 3 heterocycles.